The van der Waals surface area contributed by atoms with Crippen molar-refractivity contribution >= 4 is 11.8 Å². The van der Waals surface area contributed by atoms with Crippen molar-refractivity contribution in [2.45, 2.75) is 70.5 Å². The van der Waals surface area contributed by atoms with E-state index in [0.717, 1.165) is 32.2 Å². The lowest BCUT2D eigenvalue weighted by atomic mass is 9.96. The lowest BCUT2D eigenvalue weighted by molar-refractivity contribution is -0.163. The molecule has 4 nitrogen and oxygen atoms in total. The molecule has 4 heteroatoms. The Kier molecular flexibility index (Phi) is 3.27. The van der Waals surface area contributed by atoms with Crippen LogP contribution in [0.1, 0.15) is 52.4 Å². The highest BCUT2D eigenvalue weighted by atomic mass is 16.2. The van der Waals surface area contributed by atoms with E-state index in [0.29, 0.717) is 12.0 Å². The van der Waals surface area contributed by atoms with Gasteiger partial charge in [0.05, 0.1) is 0 Å². The van der Waals surface area contributed by atoms with Gasteiger partial charge in [-0.3, -0.25) is 9.59 Å². The van der Waals surface area contributed by atoms with Crippen LogP contribution in [0.25, 0.3) is 0 Å². The second-order valence-corrected chi connectivity index (χ2v) is 6.33. The number of piperazine rings is 1. The maximum atomic E-state index is 12.8. The molecule has 2 aliphatic heterocycles. The Morgan fingerprint density at radius 3 is 2.53 bits per heavy atom. The predicted octanol–water partition coefficient (Wildman–Crippen LogP) is 1.79. The molecule has 0 spiro atoms. The highest BCUT2D eigenvalue weighted by Crippen LogP contribution is 2.36. The zero-order valence-electron chi connectivity index (χ0n) is 12.0. The molecule has 3 aliphatic rings. The van der Waals surface area contributed by atoms with Crippen LogP contribution in [0.3, 0.4) is 0 Å². The lowest BCUT2D eigenvalue weighted by Crippen LogP contribution is -2.65. The van der Waals surface area contributed by atoms with Crippen LogP contribution >= 0.6 is 0 Å². The summed E-state index contributed by atoms with van der Waals surface area (Å²) < 4.78 is 0. The van der Waals surface area contributed by atoms with Gasteiger partial charge in [-0.15, -0.1) is 0 Å². The second-order valence-electron chi connectivity index (χ2n) is 6.33. The van der Waals surface area contributed by atoms with Gasteiger partial charge >= 0.3 is 0 Å². The number of hydrogen-bond acceptors (Lipinski definition) is 2. The maximum Gasteiger partial charge on any atom is 0.246 e. The van der Waals surface area contributed by atoms with Crippen molar-refractivity contribution in [3.05, 3.63) is 0 Å². The van der Waals surface area contributed by atoms with Gasteiger partial charge in [-0.1, -0.05) is 20.3 Å². The van der Waals surface area contributed by atoms with Crippen molar-refractivity contribution in [2.75, 3.05) is 6.54 Å². The second kappa shape index (κ2) is 4.80. The number of carbonyl (C=O) groups excluding carboxylic acids is 2. The van der Waals surface area contributed by atoms with Crippen LogP contribution in [0.2, 0.25) is 0 Å². The van der Waals surface area contributed by atoms with Gasteiger partial charge < -0.3 is 9.80 Å². The highest BCUT2D eigenvalue weighted by molar-refractivity contribution is 5.97. The molecular formula is C15H24N2O2. The normalized spacial score (nSPS) is 39.1. The fourth-order valence-corrected chi connectivity index (χ4v) is 4.23. The molecule has 0 aromatic heterocycles. The molecule has 0 N–H and O–H groups in total. The number of hydrogen-bond donors (Lipinski definition) is 0. The van der Waals surface area contributed by atoms with Crippen molar-refractivity contribution in [3.8, 4) is 0 Å². The van der Waals surface area contributed by atoms with Crippen molar-refractivity contribution in [3.63, 3.8) is 0 Å². The van der Waals surface area contributed by atoms with Crippen molar-refractivity contribution in [1.82, 2.24) is 9.80 Å². The summed E-state index contributed by atoms with van der Waals surface area (Å²) in [5, 5.41) is 0. The molecule has 19 heavy (non-hydrogen) atoms. The molecule has 0 aromatic rings. The van der Waals surface area contributed by atoms with E-state index in [4.69, 9.17) is 0 Å². The summed E-state index contributed by atoms with van der Waals surface area (Å²) in [5.74, 6) is 0.963. The van der Waals surface area contributed by atoms with Crippen LogP contribution in [0.15, 0.2) is 0 Å². The molecule has 3 fully saturated rings. The summed E-state index contributed by atoms with van der Waals surface area (Å²) in [5.41, 5.74) is 0. The number of nitrogens with zero attached hydrogens (tertiary/aromatic N) is 2. The minimum Gasteiger partial charge on any atom is -0.329 e. The van der Waals surface area contributed by atoms with Crippen molar-refractivity contribution in [1.29, 1.82) is 0 Å². The molecule has 106 valence electrons. The van der Waals surface area contributed by atoms with Crippen molar-refractivity contribution in [2.24, 2.45) is 5.92 Å². The van der Waals surface area contributed by atoms with Crippen LogP contribution < -0.4 is 0 Å². The van der Waals surface area contributed by atoms with E-state index in [1.54, 1.807) is 0 Å². The van der Waals surface area contributed by atoms with E-state index in [2.05, 4.69) is 6.92 Å². The minimum atomic E-state index is -0.201. The number of rotatable bonds is 2. The molecule has 4 unspecified atom stereocenters. The first kappa shape index (κ1) is 12.9. The van der Waals surface area contributed by atoms with Crippen molar-refractivity contribution < 1.29 is 9.59 Å². The van der Waals surface area contributed by atoms with Gasteiger partial charge in [-0.2, -0.15) is 0 Å². The van der Waals surface area contributed by atoms with Gasteiger partial charge in [0.25, 0.3) is 0 Å². The molecule has 0 radical (unpaired) electrons. The van der Waals surface area contributed by atoms with E-state index in [1.807, 2.05) is 16.7 Å². The molecule has 3 rings (SSSR count). The fraction of sp³-hybridized carbons (Fsp3) is 0.867. The average Bonchev–Trinajstić information content (AvgIpc) is 3.02. The summed E-state index contributed by atoms with van der Waals surface area (Å²) in [4.78, 5) is 29.2. The highest BCUT2D eigenvalue weighted by Gasteiger charge is 2.50. The molecule has 1 saturated carbocycles. The van der Waals surface area contributed by atoms with Gasteiger partial charge in [-0.25, -0.2) is 0 Å². The van der Waals surface area contributed by atoms with Crippen LogP contribution in [0.4, 0.5) is 0 Å². The zero-order valence-corrected chi connectivity index (χ0v) is 12.0. The molecule has 1 aliphatic carbocycles. The summed E-state index contributed by atoms with van der Waals surface area (Å²) >= 11 is 0. The van der Waals surface area contributed by atoms with Crippen LogP contribution in [0, 0.1) is 5.92 Å². The number of fused-ring (bicyclic) bond motifs is 1. The Hall–Kier alpha value is -1.06. The van der Waals surface area contributed by atoms with Crippen LogP contribution in [-0.2, 0) is 9.59 Å². The Labute approximate surface area is 115 Å². The van der Waals surface area contributed by atoms with Gasteiger partial charge in [0.15, 0.2) is 0 Å². The summed E-state index contributed by atoms with van der Waals surface area (Å²) in [6.45, 7) is 5.03. The smallest absolute Gasteiger partial charge is 0.246 e. The zero-order chi connectivity index (χ0) is 13.6. The third-order valence-corrected chi connectivity index (χ3v) is 5.26. The standard InChI is InChI=1S/C15H24N2O2/c1-3-11-14(18)16-9-5-8-13(16)15(19)17(11)12-7-4-6-10(12)2/h10-13H,3-9H2,1-2H3. The Bertz CT molecular complexity index is 396. The average molecular weight is 264 g/mol. The molecule has 2 amide bonds. The number of carbonyl (C=O) groups is 2. The fourth-order valence-electron chi connectivity index (χ4n) is 4.23. The van der Waals surface area contributed by atoms with Gasteiger partial charge in [0, 0.05) is 12.6 Å². The summed E-state index contributed by atoms with van der Waals surface area (Å²) in [6, 6.07) is -0.0559. The van der Waals surface area contributed by atoms with E-state index in [9.17, 15) is 9.59 Å². The lowest BCUT2D eigenvalue weighted by Gasteiger charge is -2.46. The quantitative estimate of drug-likeness (QED) is 0.763. The molecule has 0 bridgehead atoms. The summed E-state index contributed by atoms with van der Waals surface area (Å²) in [7, 11) is 0. The topological polar surface area (TPSA) is 40.6 Å². The van der Waals surface area contributed by atoms with E-state index < -0.39 is 0 Å². The molecule has 2 saturated heterocycles. The predicted molar refractivity (Wildman–Crippen MR) is 72.5 cm³/mol. The third-order valence-electron chi connectivity index (χ3n) is 5.26. The largest absolute Gasteiger partial charge is 0.329 e. The molecular weight excluding hydrogens is 240 g/mol. The van der Waals surface area contributed by atoms with E-state index in [1.165, 1.54) is 12.8 Å². The SMILES string of the molecule is CCC1C(=O)N2CCCC2C(=O)N1C1CCCC1C. The Balaban J connectivity index is 1.91. The monoisotopic (exact) mass is 264 g/mol. The summed E-state index contributed by atoms with van der Waals surface area (Å²) in [6.07, 6.45) is 6.04. The first-order chi connectivity index (χ1) is 9.15. The van der Waals surface area contributed by atoms with Crippen LogP contribution in [0.5, 0.6) is 0 Å². The first-order valence-electron chi connectivity index (χ1n) is 7.77. The molecule has 4 atom stereocenters. The Morgan fingerprint density at radius 1 is 1.11 bits per heavy atom. The van der Waals surface area contributed by atoms with Gasteiger partial charge in [-0.05, 0) is 38.0 Å². The minimum absolute atomic E-state index is 0.150. The van der Waals surface area contributed by atoms with E-state index >= 15 is 0 Å². The first-order valence-corrected chi connectivity index (χ1v) is 7.77. The molecule has 2 heterocycles. The van der Waals surface area contributed by atoms with Crippen LogP contribution in [-0.4, -0.2) is 46.3 Å². The molecule has 0 aromatic carbocycles. The van der Waals surface area contributed by atoms with Gasteiger partial charge in [0.1, 0.15) is 12.1 Å². The third kappa shape index (κ3) is 1.87. The van der Waals surface area contributed by atoms with Gasteiger partial charge in [0.2, 0.25) is 11.8 Å². The van der Waals surface area contributed by atoms with E-state index in [-0.39, 0.29) is 23.9 Å². The Morgan fingerprint density at radius 2 is 1.89 bits per heavy atom. The number of amides is 2. The maximum absolute atomic E-state index is 12.8.